The number of hydrogen-bond acceptors (Lipinski definition) is 3. The Labute approximate surface area is 110 Å². The maximum atomic E-state index is 3.43. The average Bonchev–Trinajstić information content (AvgIpc) is 2.46. The lowest BCUT2D eigenvalue weighted by molar-refractivity contribution is 0.244. The molecule has 1 aromatic carbocycles. The molecule has 2 N–H and O–H groups in total. The van der Waals surface area contributed by atoms with E-state index in [1.807, 2.05) is 0 Å². The third-order valence-corrected chi connectivity index (χ3v) is 4.08. The number of hydrogen-bond donors (Lipinski definition) is 2. The molecule has 3 rings (SSSR count). The summed E-state index contributed by atoms with van der Waals surface area (Å²) in [6, 6.07) is 7.06. The van der Waals surface area contributed by atoms with Crippen molar-refractivity contribution < 1.29 is 0 Å². The Balaban J connectivity index is 1.58. The van der Waals surface area contributed by atoms with Gasteiger partial charge in [0.1, 0.15) is 0 Å². The Morgan fingerprint density at radius 3 is 2.78 bits per heavy atom. The highest BCUT2D eigenvalue weighted by Gasteiger charge is 2.11. The highest BCUT2D eigenvalue weighted by atomic mass is 15.2. The fourth-order valence-electron chi connectivity index (χ4n) is 2.91. The van der Waals surface area contributed by atoms with E-state index >= 15 is 0 Å². The van der Waals surface area contributed by atoms with E-state index in [0.717, 1.165) is 26.2 Å². The molecule has 0 atom stereocenters. The molecular weight excluding hydrogens is 222 g/mol. The van der Waals surface area contributed by atoms with Gasteiger partial charge in [0.2, 0.25) is 0 Å². The van der Waals surface area contributed by atoms with Gasteiger partial charge in [0, 0.05) is 39.3 Å². The summed E-state index contributed by atoms with van der Waals surface area (Å²) < 4.78 is 0. The van der Waals surface area contributed by atoms with Crippen molar-refractivity contribution in [3.63, 3.8) is 0 Å². The first-order chi connectivity index (χ1) is 8.92. The molecule has 3 heteroatoms. The number of benzene rings is 1. The number of nitrogens with one attached hydrogen (secondary N) is 2. The normalized spacial score (nSPS) is 20.7. The Hall–Kier alpha value is -0.900. The summed E-state index contributed by atoms with van der Waals surface area (Å²) in [5.74, 6) is 0. The third kappa shape index (κ3) is 2.91. The van der Waals surface area contributed by atoms with E-state index in [4.69, 9.17) is 0 Å². The zero-order valence-corrected chi connectivity index (χ0v) is 11.0. The summed E-state index contributed by atoms with van der Waals surface area (Å²) in [4.78, 5) is 2.57. The Kier molecular flexibility index (Phi) is 3.93. The zero-order valence-electron chi connectivity index (χ0n) is 11.0. The van der Waals surface area contributed by atoms with Gasteiger partial charge in [0.15, 0.2) is 0 Å². The molecule has 2 heterocycles. The predicted molar refractivity (Wildman–Crippen MR) is 74.9 cm³/mol. The van der Waals surface area contributed by atoms with Crippen molar-refractivity contribution in [2.45, 2.75) is 19.4 Å². The lowest BCUT2D eigenvalue weighted by atomic mass is 9.97. The van der Waals surface area contributed by atoms with E-state index in [2.05, 4.69) is 33.7 Å². The van der Waals surface area contributed by atoms with Gasteiger partial charge < -0.3 is 15.5 Å². The first-order valence-corrected chi connectivity index (χ1v) is 7.16. The minimum atomic E-state index is 1.05. The van der Waals surface area contributed by atoms with Gasteiger partial charge in [-0.05, 0) is 36.1 Å². The molecule has 0 aliphatic carbocycles. The summed E-state index contributed by atoms with van der Waals surface area (Å²) in [6.07, 6.45) is 2.39. The van der Waals surface area contributed by atoms with E-state index in [9.17, 15) is 0 Å². The second kappa shape index (κ2) is 5.83. The molecule has 0 saturated carbocycles. The summed E-state index contributed by atoms with van der Waals surface area (Å²) >= 11 is 0. The summed E-state index contributed by atoms with van der Waals surface area (Å²) in [5, 5.41) is 6.83. The SMILES string of the molecule is c1cc2c(cc1CCN1CCNCC1)CCNC2. The Morgan fingerprint density at radius 1 is 1.00 bits per heavy atom. The highest BCUT2D eigenvalue weighted by molar-refractivity contribution is 5.33. The maximum Gasteiger partial charge on any atom is 0.0208 e. The molecule has 1 fully saturated rings. The molecule has 0 unspecified atom stereocenters. The first kappa shape index (κ1) is 12.2. The van der Waals surface area contributed by atoms with Crippen molar-refractivity contribution in [2.24, 2.45) is 0 Å². The van der Waals surface area contributed by atoms with Crippen LogP contribution in [0.1, 0.15) is 16.7 Å². The maximum absolute atomic E-state index is 3.43. The smallest absolute Gasteiger partial charge is 0.0208 e. The molecule has 2 aliphatic rings. The van der Waals surface area contributed by atoms with Crippen LogP contribution >= 0.6 is 0 Å². The average molecular weight is 245 g/mol. The minimum Gasteiger partial charge on any atom is -0.314 e. The van der Waals surface area contributed by atoms with Crippen LogP contribution in [0.5, 0.6) is 0 Å². The second-order valence-electron chi connectivity index (χ2n) is 5.37. The van der Waals surface area contributed by atoms with Crippen molar-refractivity contribution in [1.82, 2.24) is 15.5 Å². The van der Waals surface area contributed by atoms with Gasteiger partial charge in [-0.2, -0.15) is 0 Å². The van der Waals surface area contributed by atoms with Crippen molar-refractivity contribution in [2.75, 3.05) is 39.3 Å². The van der Waals surface area contributed by atoms with Crippen molar-refractivity contribution >= 4 is 0 Å². The lowest BCUT2D eigenvalue weighted by Gasteiger charge is -2.27. The molecule has 0 bridgehead atoms. The van der Waals surface area contributed by atoms with E-state index in [1.54, 1.807) is 5.56 Å². The molecule has 2 aliphatic heterocycles. The van der Waals surface area contributed by atoms with Crippen LogP contribution in [0.3, 0.4) is 0 Å². The third-order valence-electron chi connectivity index (χ3n) is 4.08. The van der Waals surface area contributed by atoms with Crippen LogP contribution in [-0.4, -0.2) is 44.2 Å². The fraction of sp³-hybridized carbons (Fsp3) is 0.600. The topological polar surface area (TPSA) is 27.3 Å². The lowest BCUT2D eigenvalue weighted by Crippen LogP contribution is -2.44. The van der Waals surface area contributed by atoms with E-state index in [0.29, 0.717) is 0 Å². The largest absolute Gasteiger partial charge is 0.314 e. The fourth-order valence-corrected chi connectivity index (χ4v) is 2.91. The first-order valence-electron chi connectivity index (χ1n) is 7.16. The number of fused-ring (bicyclic) bond motifs is 1. The van der Waals surface area contributed by atoms with Crippen LogP contribution in [0.15, 0.2) is 18.2 Å². The zero-order chi connectivity index (χ0) is 12.2. The number of nitrogens with zero attached hydrogens (tertiary/aromatic N) is 1. The molecule has 1 saturated heterocycles. The monoisotopic (exact) mass is 245 g/mol. The van der Waals surface area contributed by atoms with Gasteiger partial charge in [-0.25, -0.2) is 0 Å². The standard InChI is InChI=1S/C15H23N3/c1-2-15-12-17-5-3-14(15)11-13(1)4-8-18-9-6-16-7-10-18/h1-2,11,16-17H,3-10,12H2. The summed E-state index contributed by atoms with van der Waals surface area (Å²) in [6.45, 7) is 8.09. The predicted octanol–water partition coefficient (Wildman–Crippen LogP) is 0.780. The molecule has 0 spiro atoms. The van der Waals surface area contributed by atoms with Crippen LogP contribution < -0.4 is 10.6 Å². The van der Waals surface area contributed by atoms with Crippen molar-refractivity contribution in [3.8, 4) is 0 Å². The van der Waals surface area contributed by atoms with Gasteiger partial charge in [-0.3, -0.25) is 0 Å². The van der Waals surface area contributed by atoms with Gasteiger partial charge in [0.05, 0.1) is 0 Å². The molecule has 0 amide bonds. The molecule has 1 aromatic rings. The van der Waals surface area contributed by atoms with Gasteiger partial charge >= 0.3 is 0 Å². The molecule has 3 nitrogen and oxygen atoms in total. The van der Waals surface area contributed by atoms with Crippen molar-refractivity contribution in [3.05, 3.63) is 34.9 Å². The van der Waals surface area contributed by atoms with Gasteiger partial charge in [-0.15, -0.1) is 0 Å². The van der Waals surface area contributed by atoms with Gasteiger partial charge in [0.25, 0.3) is 0 Å². The minimum absolute atomic E-state index is 1.05. The number of rotatable bonds is 3. The van der Waals surface area contributed by atoms with Crippen LogP contribution in [0, 0.1) is 0 Å². The Bertz CT molecular complexity index is 397. The molecular formula is C15H23N3. The Morgan fingerprint density at radius 2 is 1.89 bits per heavy atom. The van der Waals surface area contributed by atoms with Crippen LogP contribution in [-0.2, 0) is 19.4 Å². The molecule has 0 aromatic heterocycles. The van der Waals surface area contributed by atoms with Crippen LogP contribution in [0.25, 0.3) is 0 Å². The van der Waals surface area contributed by atoms with E-state index in [1.165, 1.54) is 43.6 Å². The second-order valence-corrected chi connectivity index (χ2v) is 5.37. The number of piperazine rings is 1. The highest BCUT2D eigenvalue weighted by Crippen LogP contribution is 2.16. The molecule has 98 valence electrons. The quantitative estimate of drug-likeness (QED) is 0.824. The molecule has 18 heavy (non-hydrogen) atoms. The summed E-state index contributed by atoms with van der Waals surface area (Å²) in [5.41, 5.74) is 4.56. The van der Waals surface area contributed by atoms with Crippen LogP contribution in [0.4, 0.5) is 0 Å². The summed E-state index contributed by atoms with van der Waals surface area (Å²) in [7, 11) is 0. The van der Waals surface area contributed by atoms with Crippen LogP contribution in [0.2, 0.25) is 0 Å². The van der Waals surface area contributed by atoms with Gasteiger partial charge in [-0.1, -0.05) is 18.2 Å². The molecule has 0 radical (unpaired) electrons. The van der Waals surface area contributed by atoms with E-state index in [-0.39, 0.29) is 0 Å². The van der Waals surface area contributed by atoms with Crippen molar-refractivity contribution in [1.29, 1.82) is 0 Å². The van der Waals surface area contributed by atoms with E-state index < -0.39 is 0 Å².